The number of allylic oxidation sites excluding steroid dienone is 2. The van der Waals surface area contributed by atoms with Gasteiger partial charge in [-0.1, -0.05) is 18.2 Å². The monoisotopic (exact) mass is 294 g/mol. The Morgan fingerprint density at radius 2 is 2.10 bits per heavy atom. The normalized spacial score (nSPS) is 16.1. The zero-order chi connectivity index (χ0) is 14.5. The van der Waals surface area contributed by atoms with Gasteiger partial charge in [0, 0.05) is 12.8 Å². The minimum absolute atomic E-state index is 0.490. The van der Waals surface area contributed by atoms with Crippen molar-refractivity contribution < 1.29 is 14.5 Å². The Labute approximate surface area is 118 Å². The number of ether oxygens (including phenoxy) is 1. The first-order chi connectivity index (χ1) is 9.61. The van der Waals surface area contributed by atoms with Gasteiger partial charge in [-0.25, -0.2) is 0 Å². The third-order valence-corrected chi connectivity index (χ3v) is 4.52. The highest BCUT2D eigenvalue weighted by Gasteiger charge is 2.29. The van der Waals surface area contributed by atoms with Gasteiger partial charge in [-0.3, -0.25) is 14.9 Å². The van der Waals surface area contributed by atoms with Crippen LogP contribution in [0.2, 0.25) is 0 Å². The second kappa shape index (κ2) is 6.36. The molecule has 0 radical (unpaired) electrons. The van der Waals surface area contributed by atoms with E-state index in [4.69, 9.17) is 0 Å². The molecule has 1 unspecified atom stereocenters. The van der Waals surface area contributed by atoms with Crippen LogP contribution in [0.25, 0.3) is 0 Å². The van der Waals surface area contributed by atoms with Crippen LogP contribution in [-0.4, -0.2) is 24.2 Å². The summed E-state index contributed by atoms with van der Waals surface area (Å²) >= 11 is 0. The lowest BCUT2D eigenvalue weighted by atomic mass is 10.3. The van der Waals surface area contributed by atoms with E-state index in [1.807, 2.05) is 24.3 Å². The second-order valence-corrected chi connectivity index (χ2v) is 5.93. The van der Waals surface area contributed by atoms with Crippen LogP contribution in [0.1, 0.15) is 0 Å². The maximum atomic E-state index is 11.7. The van der Waals surface area contributed by atoms with Gasteiger partial charge in [0.05, 0.1) is 4.92 Å². The minimum atomic E-state index is -1.70. The first kappa shape index (κ1) is 14.3. The van der Waals surface area contributed by atoms with E-state index in [-0.39, 0.29) is 0 Å². The molecule has 1 amide bonds. The van der Waals surface area contributed by atoms with Gasteiger partial charge in [0.15, 0.2) is 0 Å². The van der Waals surface area contributed by atoms with Gasteiger partial charge < -0.3 is 10.1 Å². The van der Waals surface area contributed by atoms with Crippen LogP contribution >= 0.6 is 10.9 Å². The minimum Gasteiger partial charge on any atom is -0.318 e. The molecule has 0 bridgehead atoms. The number of amides is 1. The van der Waals surface area contributed by atoms with Crippen LogP contribution in [0.3, 0.4) is 0 Å². The van der Waals surface area contributed by atoms with Gasteiger partial charge in [0.25, 0.3) is 0 Å². The summed E-state index contributed by atoms with van der Waals surface area (Å²) in [5.41, 5.74) is 0.521. The maximum absolute atomic E-state index is 11.7. The molecular formula is C13H14N2O4S. The van der Waals surface area contributed by atoms with E-state index in [9.17, 15) is 14.9 Å². The summed E-state index contributed by atoms with van der Waals surface area (Å²) in [7, 11) is 0.635. The Balaban J connectivity index is 2.11. The molecule has 1 aromatic rings. The molecule has 1 N–H and O–H groups in total. The van der Waals surface area contributed by atoms with Crippen molar-refractivity contribution in [1.29, 1.82) is 0 Å². The van der Waals surface area contributed by atoms with Crippen LogP contribution < -0.4 is 5.32 Å². The van der Waals surface area contributed by atoms with E-state index in [0.29, 0.717) is 5.69 Å². The third kappa shape index (κ3) is 3.25. The average molecular weight is 294 g/mol. The van der Waals surface area contributed by atoms with Crippen LogP contribution in [0, 0.1) is 10.1 Å². The number of methoxy groups -OCH3 is 1. The number of carbonyl (C=O) groups is 1. The van der Waals surface area contributed by atoms with E-state index < -0.39 is 28.0 Å². The molecule has 0 saturated heterocycles. The number of thiol groups is 1. The van der Waals surface area contributed by atoms with Crippen LogP contribution in [-0.2, 0) is 9.53 Å². The Hall–Kier alpha value is -2.12. The fraction of sp³-hybridized carbons (Fsp3) is 0.154. The van der Waals surface area contributed by atoms with Crippen molar-refractivity contribution in [2.45, 2.75) is 11.1 Å². The lowest BCUT2D eigenvalue weighted by Gasteiger charge is -2.13. The molecule has 1 aromatic carbocycles. The molecule has 106 valence electrons. The summed E-state index contributed by atoms with van der Waals surface area (Å²) in [6.45, 7) is 0. The van der Waals surface area contributed by atoms with Gasteiger partial charge >= 0.3 is 12.1 Å². The lowest BCUT2D eigenvalue weighted by Crippen LogP contribution is -2.36. The first-order valence-corrected chi connectivity index (χ1v) is 7.30. The standard InChI is InChI=1S/C13H14N2O4S/c1-19-13(15(17)18)12(16)14-10-5-4-6-11(9-10)20-7-2-3-8-20/h2-9,13,20H,1H3,(H,14,16). The van der Waals surface area contributed by atoms with Gasteiger partial charge in [-0.15, -0.1) is 0 Å². The van der Waals surface area contributed by atoms with Crippen molar-refractivity contribution in [3.63, 3.8) is 0 Å². The van der Waals surface area contributed by atoms with Gasteiger partial charge in [-0.05, 0) is 33.9 Å². The summed E-state index contributed by atoms with van der Waals surface area (Å²) in [5, 5.41) is 17.3. The van der Waals surface area contributed by atoms with Crippen molar-refractivity contribution in [2.24, 2.45) is 0 Å². The Kier molecular flexibility index (Phi) is 4.54. The van der Waals surface area contributed by atoms with Gasteiger partial charge in [0.1, 0.15) is 0 Å². The number of nitrogens with one attached hydrogen (secondary N) is 1. The van der Waals surface area contributed by atoms with Crippen molar-refractivity contribution in [2.75, 3.05) is 12.4 Å². The molecule has 7 heteroatoms. The van der Waals surface area contributed by atoms with E-state index in [1.165, 1.54) is 0 Å². The molecule has 6 nitrogen and oxygen atoms in total. The summed E-state index contributed by atoms with van der Waals surface area (Å²) < 4.78 is 4.55. The highest BCUT2D eigenvalue weighted by molar-refractivity contribution is 8.22. The number of anilines is 1. The molecule has 0 aromatic heterocycles. The molecule has 1 aliphatic heterocycles. The lowest BCUT2D eigenvalue weighted by molar-refractivity contribution is -0.554. The molecule has 2 rings (SSSR count). The zero-order valence-electron chi connectivity index (χ0n) is 10.7. The fourth-order valence-corrected chi connectivity index (χ4v) is 3.30. The summed E-state index contributed by atoms with van der Waals surface area (Å²) in [5.74, 6) is -0.792. The Bertz CT molecular complexity index is 573. The predicted octanol–water partition coefficient (Wildman–Crippen LogP) is 2.28. The SMILES string of the molecule is COC(C(=O)Nc1cccc([SH]2C=CC=C2)c1)[N+](=O)[O-]. The van der Waals surface area contributed by atoms with E-state index in [0.717, 1.165) is 12.0 Å². The molecule has 0 aliphatic carbocycles. The summed E-state index contributed by atoms with van der Waals surface area (Å²) in [6, 6.07) is 7.27. The number of nitrogens with zero attached hydrogens (tertiary/aromatic N) is 1. The number of benzene rings is 1. The van der Waals surface area contributed by atoms with Crippen LogP contribution in [0.4, 0.5) is 5.69 Å². The largest absolute Gasteiger partial charge is 0.394 e. The Morgan fingerprint density at radius 1 is 1.40 bits per heavy atom. The summed E-state index contributed by atoms with van der Waals surface area (Å²) in [6.07, 6.45) is 2.26. The second-order valence-electron chi connectivity index (χ2n) is 4.00. The smallest absolute Gasteiger partial charge is 0.318 e. The average Bonchev–Trinajstić information content (AvgIpc) is 2.93. The molecule has 1 heterocycles. The molecule has 1 aliphatic rings. The van der Waals surface area contributed by atoms with Crippen molar-refractivity contribution >= 4 is 22.5 Å². The van der Waals surface area contributed by atoms with Crippen molar-refractivity contribution in [3.05, 3.63) is 57.3 Å². The van der Waals surface area contributed by atoms with Crippen LogP contribution in [0.15, 0.2) is 52.1 Å². The van der Waals surface area contributed by atoms with Crippen molar-refractivity contribution in [1.82, 2.24) is 0 Å². The topological polar surface area (TPSA) is 81.5 Å². The predicted molar refractivity (Wildman–Crippen MR) is 78.4 cm³/mol. The molecule has 0 fully saturated rings. The molecule has 0 saturated carbocycles. The fourth-order valence-electron chi connectivity index (χ4n) is 1.74. The van der Waals surface area contributed by atoms with E-state index in [2.05, 4.69) is 20.9 Å². The highest BCUT2D eigenvalue weighted by Crippen LogP contribution is 2.42. The van der Waals surface area contributed by atoms with E-state index in [1.54, 1.807) is 12.1 Å². The molecule has 1 atom stereocenters. The van der Waals surface area contributed by atoms with Gasteiger partial charge in [-0.2, -0.15) is 10.9 Å². The zero-order valence-corrected chi connectivity index (χ0v) is 11.6. The molecule has 0 spiro atoms. The highest BCUT2D eigenvalue weighted by atomic mass is 32.2. The number of hydrogen-bond acceptors (Lipinski definition) is 4. The molecule has 20 heavy (non-hydrogen) atoms. The third-order valence-electron chi connectivity index (χ3n) is 2.66. The maximum Gasteiger partial charge on any atom is 0.394 e. The number of carbonyl (C=O) groups excluding carboxylic acids is 1. The first-order valence-electron chi connectivity index (χ1n) is 5.82. The summed E-state index contributed by atoms with van der Waals surface area (Å²) in [4.78, 5) is 22.7. The number of nitro groups is 1. The number of rotatable bonds is 5. The van der Waals surface area contributed by atoms with Crippen LogP contribution in [0.5, 0.6) is 0 Å². The molecular weight excluding hydrogens is 280 g/mol. The number of hydrogen-bond donors (Lipinski definition) is 2. The quantitative estimate of drug-likeness (QED) is 0.378. The Morgan fingerprint density at radius 3 is 2.70 bits per heavy atom. The van der Waals surface area contributed by atoms with Gasteiger partial charge in [0.2, 0.25) is 0 Å². The van der Waals surface area contributed by atoms with E-state index >= 15 is 0 Å². The van der Waals surface area contributed by atoms with Crippen molar-refractivity contribution in [3.8, 4) is 0 Å².